The molecule has 0 saturated heterocycles. The summed E-state index contributed by atoms with van der Waals surface area (Å²) in [6.07, 6.45) is 0. The topological polar surface area (TPSA) is 17.8 Å². The molecule has 0 atom stereocenters. The molecule has 2 nitrogen and oxygen atoms in total. The Bertz CT molecular complexity index is 2170. The number of hydrogen-bond donors (Lipinski definition) is 0. The number of para-hydroxylation sites is 3. The lowest BCUT2D eigenvalue weighted by atomic mass is 9.96. The molecular weight excluding hydrogens is 472 g/mol. The van der Waals surface area contributed by atoms with Crippen LogP contribution in [0, 0.1) is 0 Å². The normalized spacial score (nSPS) is 11.6. The van der Waals surface area contributed by atoms with Gasteiger partial charge in [0.15, 0.2) is 0 Å². The number of hydrogen-bond acceptors (Lipinski definition) is 1. The fraction of sp³-hybridized carbons (Fsp3) is 0. The molecule has 2 heteroatoms. The van der Waals surface area contributed by atoms with Crippen LogP contribution in [0.1, 0.15) is 0 Å². The molecule has 0 spiro atoms. The second-order valence-electron chi connectivity index (χ2n) is 10.0. The van der Waals surface area contributed by atoms with Crippen LogP contribution in [0.4, 0.5) is 0 Å². The molecule has 2 aromatic heterocycles. The Hall–Kier alpha value is -5.21. The molecule has 39 heavy (non-hydrogen) atoms. The van der Waals surface area contributed by atoms with Gasteiger partial charge < -0.3 is 4.57 Å². The Morgan fingerprint density at radius 2 is 1.03 bits per heavy atom. The summed E-state index contributed by atoms with van der Waals surface area (Å²) in [7, 11) is 0. The van der Waals surface area contributed by atoms with Crippen LogP contribution >= 0.6 is 0 Å². The average molecular weight is 497 g/mol. The molecule has 0 radical (unpaired) electrons. The molecule has 0 aliphatic heterocycles. The van der Waals surface area contributed by atoms with Crippen LogP contribution in [0.2, 0.25) is 0 Å². The zero-order chi connectivity index (χ0) is 25.8. The first-order valence-corrected chi connectivity index (χ1v) is 13.3. The highest BCUT2D eigenvalue weighted by Gasteiger charge is 2.14. The first-order valence-electron chi connectivity index (χ1n) is 13.3. The standard InChI is InChI=1S/C37H24N2/c1-2-13-28(14-3-1)39-35-20-9-7-17-31(35)33-24-26(21-22-36(33)39)25-11-10-12-27(23-25)37-32-18-5-4-15-29(32)30-16-6-8-19-34(30)38-37/h1-24H. The van der Waals surface area contributed by atoms with E-state index < -0.39 is 0 Å². The number of rotatable bonds is 3. The Morgan fingerprint density at radius 3 is 1.90 bits per heavy atom. The quantitative estimate of drug-likeness (QED) is 0.223. The van der Waals surface area contributed by atoms with Crippen molar-refractivity contribution in [2.75, 3.05) is 0 Å². The van der Waals surface area contributed by atoms with Crippen LogP contribution in [0.5, 0.6) is 0 Å². The minimum atomic E-state index is 1.02. The van der Waals surface area contributed by atoms with E-state index in [9.17, 15) is 0 Å². The smallest absolute Gasteiger partial charge is 0.0788 e. The molecule has 8 rings (SSSR count). The highest BCUT2D eigenvalue weighted by atomic mass is 15.0. The van der Waals surface area contributed by atoms with Gasteiger partial charge in [0.05, 0.1) is 22.2 Å². The maximum atomic E-state index is 5.13. The van der Waals surface area contributed by atoms with Gasteiger partial charge in [-0.2, -0.15) is 0 Å². The molecule has 0 aliphatic rings. The number of pyridine rings is 1. The van der Waals surface area contributed by atoms with Crippen LogP contribution in [0.3, 0.4) is 0 Å². The summed E-state index contributed by atoms with van der Waals surface area (Å²) in [4.78, 5) is 5.13. The van der Waals surface area contributed by atoms with E-state index in [4.69, 9.17) is 4.98 Å². The molecule has 182 valence electrons. The Kier molecular flexibility index (Phi) is 4.86. The van der Waals surface area contributed by atoms with E-state index in [0.717, 1.165) is 16.8 Å². The van der Waals surface area contributed by atoms with Crippen molar-refractivity contribution in [2.45, 2.75) is 0 Å². The molecule has 6 aromatic carbocycles. The highest BCUT2D eigenvalue weighted by Crippen LogP contribution is 2.37. The summed E-state index contributed by atoms with van der Waals surface area (Å²) in [6, 6.07) is 51.9. The summed E-state index contributed by atoms with van der Waals surface area (Å²) < 4.78 is 2.36. The number of aromatic nitrogens is 2. The van der Waals surface area contributed by atoms with E-state index in [2.05, 4.69) is 150 Å². The predicted molar refractivity (Wildman–Crippen MR) is 164 cm³/mol. The summed E-state index contributed by atoms with van der Waals surface area (Å²) in [5.74, 6) is 0. The number of fused-ring (bicyclic) bond motifs is 6. The van der Waals surface area contributed by atoms with Crippen molar-refractivity contribution in [1.29, 1.82) is 0 Å². The fourth-order valence-corrected chi connectivity index (χ4v) is 5.98. The molecular formula is C37H24N2. The molecule has 0 unspecified atom stereocenters. The van der Waals surface area contributed by atoms with E-state index >= 15 is 0 Å². The predicted octanol–water partition coefficient (Wildman–Crippen LogP) is 9.82. The second kappa shape index (κ2) is 8.68. The monoisotopic (exact) mass is 496 g/mol. The molecule has 0 saturated carbocycles. The zero-order valence-corrected chi connectivity index (χ0v) is 21.3. The lowest BCUT2D eigenvalue weighted by Gasteiger charge is -2.12. The minimum Gasteiger partial charge on any atom is -0.309 e. The van der Waals surface area contributed by atoms with Gasteiger partial charge in [-0.3, -0.25) is 0 Å². The van der Waals surface area contributed by atoms with Crippen molar-refractivity contribution in [3.63, 3.8) is 0 Å². The number of benzene rings is 6. The van der Waals surface area contributed by atoms with Gasteiger partial charge >= 0.3 is 0 Å². The van der Waals surface area contributed by atoms with Gasteiger partial charge in [-0.1, -0.05) is 103 Å². The van der Waals surface area contributed by atoms with Gasteiger partial charge in [-0.25, -0.2) is 4.98 Å². The minimum absolute atomic E-state index is 1.02. The highest BCUT2D eigenvalue weighted by molar-refractivity contribution is 6.12. The summed E-state index contributed by atoms with van der Waals surface area (Å²) in [5.41, 5.74) is 9.16. The first kappa shape index (κ1) is 21.8. The van der Waals surface area contributed by atoms with Crippen molar-refractivity contribution in [3.8, 4) is 28.1 Å². The van der Waals surface area contributed by atoms with E-state index in [0.29, 0.717) is 0 Å². The van der Waals surface area contributed by atoms with Crippen LogP contribution in [0.25, 0.3) is 71.6 Å². The molecule has 8 aromatic rings. The molecule has 0 N–H and O–H groups in total. The van der Waals surface area contributed by atoms with Crippen LogP contribution in [0.15, 0.2) is 146 Å². The third-order valence-electron chi connectivity index (χ3n) is 7.76. The zero-order valence-electron chi connectivity index (χ0n) is 21.3. The summed E-state index contributed by atoms with van der Waals surface area (Å²) in [5, 5.41) is 6.12. The van der Waals surface area contributed by atoms with Crippen molar-refractivity contribution >= 4 is 43.5 Å². The van der Waals surface area contributed by atoms with Gasteiger partial charge in [0.25, 0.3) is 0 Å². The third kappa shape index (κ3) is 3.46. The van der Waals surface area contributed by atoms with Crippen LogP contribution in [-0.2, 0) is 0 Å². The molecule has 0 fully saturated rings. The van der Waals surface area contributed by atoms with Crippen molar-refractivity contribution in [3.05, 3.63) is 146 Å². The van der Waals surface area contributed by atoms with Gasteiger partial charge in [0.2, 0.25) is 0 Å². The Labute approximate surface area is 226 Å². The lowest BCUT2D eigenvalue weighted by molar-refractivity contribution is 1.18. The van der Waals surface area contributed by atoms with E-state index in [1.54, 1.807) is 0 Å². The largest absolute Gasteiger partial charge is 0.309 e. The number of nitrogens with zero attached hydrogens (tertiary/aromatic N) is 2. The maximum absolute atomic E-state index is 5.13. The second-order valence-corrected chi connectivity index (χ2v) is 10.0. The van der Waals surface area contributed by atoms with Gasteiger partial charge in [0.1, 0.15) is 0 Å². The molecule has 0 bridgehead atoms. The molecule has 2 heterocycles. The van der Waals surface area contributed by atoms with Gasteiger partial charge in [0, 0.05) is 32.8 Å². The lowest BCUT2D eigenvalue weighted by Crippen LogP contribution is -1.93. The van der Waals surface area contributed by atoms with Crippen LogP contribution in [-0.4, -0.2) is 9.55 Å². The Balaban J connectivity index is 1.32. The van der Waals surface area contributed by atoms with Gasteiger partial charge in [-0.05, 0) is 59.0 Å². The summed E-state index contributed by atoms with van der Waals surface area (Å²) in [6.45, 7) is 0. The van der Waals surface area contributed by atoms with Crippen LogP contribution < -0.4 is 0 Å². The van der Waals surface area contributed by atoms with E-state index in [1.807, 2.05) is 0 Å². The first-order chi connectivity index (χ1) is 19.3. The maximum Gasteiger partial charge on any atom is 0.0788 e. The van der Waals surface area contributed by atoms with Crippen molar-refractivity contribution < 1.29 is 0 Å². The average Bonchev–Trinajstić information content (AvgIpc) is 3.35. The SMILES string of the molecule is c1ccc(-n2c3ccccc3c3cc(-c4cccc(-c5nc6ccccc6c6ccccc56)c4)ccc32)cc1. The summed E-state index contributed by atoms with van der Waals surface area (Å²) >= 11 is 0. The van der Waals surface area contributed by atoms with Gasteiger partial charge in [-0.15, -0.1) is 0 Å². The fourth-order valence-electron chi connectivity index (χ4n) is 5.98. The van der Waals surface area contributed by atoms with Crippen molar-refractivity contribution in [1.82, 2.24) is 9.55 Å². The van der Waals surface area contributed by atoms with Crippen molar-refractivity contribution in [2.24, 2.45) is 0 Å². The Morgan fingerprint density at radius 1 is 0.385 bits per heavy atom. The molecule has 0 aliphatic carbocycles. The third-order valence-corrected chi connectivity index (χ3v) is 7.76. The molecule has 0 amide bonds. The van der Waals surface area contributed by atoms with E-state index in [-0.39, 0.29) is 0 Å². The van der Waals surface area contributed by atoms with E-state index in [1.165, 1.54) is 54.8 Å².